The molecule has 230 valence electrons. The number of fused-ring (bicyclic) bond motifs is 3. The van der Waals surface area contributed by atoms with Gasteiger partial charge in [0.05, 0.1) is 17.5 Å². The fraction of sp³-hybridized carbons (Fsp3) is 0.345. The van der Waals surface area contributed by atoms with Gasteiger partial charge < -0.3 is 10.0 Å². The van der Waals surface area contributed by atoms with E-state index >= 15 is 0 Å². The molecule has 1 fully saturated rings. The van der Waals surface area contributed by atoms with E-state index in [9.17, 15) is 53.4 Å². The van der Waals surface area contributed by atoms with Gasteiger partial charge in [0.2, 0.25) is 0 Å². The van der Waals surface area contributed by atoms with Gasteiger partial charge in [-0.25, -0.2) is 17.2 Å². The summed E-state index contributed by atoms with van der Waals surface area (Å²) in [5.41, 5.74) is -7.19. The molecule has 3 aromatic carbocycles. The number of amides is 1. The molecule has 43 heavy (non-hydrogen) atoms. The largest absolute Gasteiger partial charge is 0.435 e. The lowest BCUT2D eigenvalue weighted by Crippen LogP contribution is -2.53. The number of nitrogens with zero attached hydrogens (tertiary/aromatic N) is 1. The molecule has 2 aliphatic rings. The van der Waals surface area contributed by atoms with Crippen LogP contribution >= 0.6 is 0 Å². The van der Waals surface area contributed by atoms with E-state index in [1.165, 1.54) is 29.2 Å². The Morgan fingerprint density at radius 2 is 1.51 bits per heavy atom. The second-order valence-corrected chi connectivity index (χ2v) is 12.7. The van der Waals surface area contributed by atoms with Crippen LogP contribution in [0.15, 0.2) is 71.6 Å². The lowest BCUT2D eigenvalue weighted by atomic mass is 9.76. The number of rotatable bonds is 5. The van der Waals surface area contributed by atoms with Gasteiger partial charge in [0.15, 0.2) is 9.84 Å². The smallest absolute Gasteiger partial charge is 0.392 e. The number of hydrogen-bond acceptors (Lipinski definition) is 4. The summed E-state index contributed by atoms with van der Waals surface area (Å²) in [5.74, 6) is -1.34. The van der Waals surface area contributed by atoms with Gasteiger partial charge >= 0.3 is 18.0 Å². The number of aryl methyl sites for hydroxylation is 1. The quantitative estimate of drug-likeness (QED) is 0.271. The normalized spacial score (nSPS) is 21.0. The van der Waals surface area contributed by atoms with Gasteiger partial charge in [-0.05, 0) is 72.4 Å². The van der Waals surface area contributed by atoms with Gasteiger partial charge in [-0.2, -0.15) is 26.3 Å². The fourth-order valence-electron chi connectivity index (χ4n) is 6.22. The van der Waals surface area contributed by atoms with Crippen molar-refractivity contribution in [2.75, 3.05) is 6.54 Å². The summed E-state index contributed by atoms with van der Waals surface area (Å²) in [6.45, 7) is -0.438. The maximum absolute atomic E-state index is 14.9. The van der Waals surface area contributed by atoms with E-state index in [0.717, 1.165) is 30.3 Å². The summed E-state index contributed by atoms with van der Waals surface area (Å²) < 4.78 is 136. The van der Waals surface area contributed by atoms with Crippen LogP contribution in [0.4, 0.5) is 35.1 Å². The number of aliphatic hydroxyl groups is 1. The van der Waals surface area contributed by atoms with E-state index in [1.54, 1.807) is 0 Å². The van der Waals surface area contributed by atoms with Crippen LogP contribution in [0.1, 0.15) is 45.5 Å². The molecule has 0 bridgehead atoms. The van der Waals surface area contributed by atoms with Crippen LogP contribution in [0, 0.1) is 5.82 Å². The van der Waals surface area contributed by atoms with E-state index in [4.69, 9.17) is 0 Å². The first kappa shape index (κ1) is 30.9. The fourth-order valence-corrected chi connectivity index (χ4v) is 8.58. The predicted octanol–water partition coefficient (Wildman–Crippen LogP) is 6.14. The zero-order chi connectivity index (χ0) is 31.6. The summed E-state index contributed by atoms with van der Waals surface area (Å²) in [6.07, 6.45) is -13.5. The van der Waals surface area contributed by atoms with Gasteiger partial charge in [0.25, 0.3) is 5.91 Å². The number of benzene rings is 3. The Kier molecular flexibility index (Phi) is 7.40. The number of aliphatic hydroxyl groups excluding tert-OH is 1. The molecule has 3 aromatic rings. The third-order valence-corrected chi connectivity index (χ3v) is 10.9. The number of hydrogen-bond donors (Lipinski definition) is 1. The Labute approximate surface area is 240 Å². The Morgan fingerprint density at radius 1 is 0.907 bits per heavy atom. The van der Waals surface area contributed by atoms with Crippen molar-refractivity contribution in [3.05, 3.63) is 100 Å². The first-order valence-electron chi connectivity index (χ1n) is 13.0. The van der Waals surface area contributed by atoms with Crippen molar-refractivity contribution >= 4 is 15.7 Å². The molecule has 1 aliphatic heterocycles. The van der Waals surface area contributed by atoms with Crippen LogP contribution < -0.4 is 0 Å². The summed E-state index contributed by atoms with van der Waals surface area (Å²) in [5, 5.41) is 9.30. The third-order valence-electron chi connectivity index (χ3n) is 8.31. The predicted molar refractivity (Wildman–Crippen MR) is 137 cm³/mol. The molecule has 1 aliphatic carbocycles. The van der Waals surface area contributed by atoms with Crippen molar-refractivity contribution in [2.24, 2.45) is 0 Å². The third kappa shape index (κ3) is 4.60. The standard InChI is InChI=1S/C29H23F8NO4S/c30-21-7-9-22(10-8-21)43(41,42)26-13-14-38(25(40)18-3-1-17(16-39)2-4-18)24(26)12-5-19-15-20(6-11-23(19)26)27(31,28(32,33)34)29(35,36)37/h1-4,6-11,15,24,39H,5,12-14,16H2/t24-,26-/m0/s1. The zero-order valence-corrected chi connectivity index (χ0v) is 22.8. The summed E-state index contributed by atoms with van der Waals surface area (Å²) in [6, 6.07) is 9.90. The van der Waals surface area contributed by atoms with E-state index in [1.807, 2.05) is 0 Å². The van der Waals surface area contributed by atoms with E-state index in [0.29, 0.717) is 11.6 Å². The highest BCUT2D eigenvalue weighted by Crippen LogP contribution is 2.56. The van der Waals surface area contributed by atoms with Crippen molar-refractivity contribution in [3.63, 3.8) is 0 Å². The Balaban J connectivity index is 1.69. The average molecular weight is 634 g/mol. The second-order valence-electron chi connectivity index (χ2n) is 10.5. The highest BCUT2D eigenvalue weighted by atomic mass is 32.2. The first-order chi connectivity index (χ1) is 20.0. The van der Waals surface area contributed by atoms with Crippen LogP contribution in [0.3, 0.4) is 0 Å². The first-order valence-corrected chi connectivity index (χ1v) is 14.4. The van der Waals surface area contributed by atoms with Crippen LogP contribution in [-0.2, 0) is 33.3 Å². The molecule has 0 radical (unpaired) electrons. The van der Waals surface area contributed by atoms with Gasteiger partial charge in [-0.3, -0.25) is 4.79 Å². The molecular weight excluding hydrogens is 610 g/mol. The highest BCUT2D eigenvalue weighted by molar-refractivity contribution is 7.92. The highest BCUT2D eigenvalue weighted by Gasteiger charge is 2.73. The van der Waals surface area contributed by atoms with Gasteiger partial charge in [-0.15, -0.1) is 0 Å². The van der Waals surface area contributed by atoms with Gasteiger partial charge in [-0.1, -0.05) is 30.3 Å². The van der Waals surface area contributed by atoms with E-state index in [-0.39, 0.29) is 60.1 Å². The molecule has 0 saturated carbocycles. The number of carbonyl (C=O) groups excluding carboxylic acids is 1. The molecule has 1 saturated heterocycles. The molecule has 0 aromatic heterocycles. The average Bonchev–Trinajstić information content (AvgIpc) is 3.37. The van der Waals surface area contributed by atoms with Crippen LogP contribution in [-0.4, -0.2) is 49.3 Å². The topological polar surface area (TPSA) is 74.7 Å². The zero-order valence-electron chi connectivity index (χ0n) is 22.0. The van der Waals surface area contributed by atoms with Crippen LogP contribution in [0.5, 0.6) is 0 Å². The maximum Gasteiger partial charge on any atom is 0.435 e. The summed E-state index contributed by atoms with van der Waals surface area (Å²) in [7, 11) is -4.59. The molecule has 1 amide bonds. The summed E-state index contributed by atoms with van der Waals surface area (Å²) >= 11 is 0. The van der Waals surface area contributed by atoms with Crippen molar-refractivity contribution in [1.29, 1.82) is 0 Å². The molecule has 1 N–H and O–H groups in total. The molecule has 14 heteroatoms. The van der Waals surface area contributed by atoms with E-state index in [2.05, 4.69) is 0 Å². The Morgan fingerprint density at radius 3 is 2.07 bits per heavy atom. The molecule has 0 spiro atoms. The molecule has 5 rings (SSSR count). The molecule has 0 unspecified atom stereocenters. The minimum absolute atomic E-state index is 0.148. The van der Waals surface area contributed by atoms with Gasteiger partial charge in [0, 0.05) is 17.7 Å². The Bertz CT molecular complexity index is 1640. The number of halogens is 8. The minimum atomic E-state index is -6.36. The number of sulfone groups is 1. The number of likely N-dealkylation sites (tertiary alicyclic amines) is 1. The van der Waals surface area contributed by atoms with Gasteiger partial charge in [0.1, 0.15) is 10.6 Å². The van der Waals surface area contributed by atoms with E-state index < -0.39 is 55.9 Å². The molecular formula is C29H23F8NO4S. The lowest BCUT2D eigenvalue weighted by Gasteiger charge is -2.43. The van der Waals surface area contributed by atoms with Crippen molar-refractivity contribution in [2.45, 2.75) is 59.6 Å². The van der Waals surface area contributed by atoms with Crippen molar-refractivity contribution in [3.8, 4) is 0 Å². The van der Waals surface area contributed by atoms with Crippen molar-refractivity contribution in [1.82, 2.24) is 4.90 Å². The summed E-state index contributed by atoms with van der Waals surface area (Å²) in [4.78, 5) is 14.5. The molecule has 1 heterocycles. The Hall–Kier alpha value is -3.52. The van der Waals surface area contributed by atoms with Crippen LogP contribution in [0.2, 0.25) is 0 Å². The number of alkyl halides is 7. The molecule has 2 atom stereocenters. The van der Waals surface area contributed by atoms with Crippen molar-refractivity contribution < 1.29 is 53.4 Å². The maximum atomic E-state index is 14.9. The second kappa shape index (κ2) is 10.3. The van der Waals surface area contributed by atoms with Crippen LogP contribution in [0.25, 0.3) is 0 Å². The number of carbonyl (C=O) groups is 1. The SMILES string of the molecule is O=C(c1ccc(CO)cc1)N1CC[C@]2(S(=O)(=O)c3ccc(F)cc3)c3ccc(C(F)(C(F)(F)F)C(F)(F)F)cc3CC[C@H]12. The monoisotopic (exact) mass is 633 g/mol. The minimum Gasteiger partial charge on any atom is -0.392 e. The lowest BCUT2D eigenvalue weighted by molar-refractivity contribution is -0.348. The molecule has 5 nitrogen and oxygen atoms in total.